The van der Waals surface area contributed by atoms with Gasteiger partial charge in [0.25, 0.3) is 0 Å². The second kappa shape index (κ2) is 14.4. The number of likely N-dealkylation sites (tertiary alicyclic amines) is 1. The fraction of sp³-hybridized carbons (Fsp3) is 0.900. The smallest absolute Gasteiger partial charge is 0.233 e. The van der Waals surface area contributed by atoms with Gasteiger partial charge in [0.2, 0.25) is 5.91 Å². The van der Waals surface area contributed by atoms with Crippen LogP contribution in [0.25, 0.3) is 0 Å². The number of carbonyl (C=O) groups excluding carboxylic acids is 1. The lowest BCUT2D eigenvalue weighted by Gasteiger charge is -2.32. The van der Waals surface area contributed by atoms with Crippen LogP contribution in [0.2, 0.25) is 0 Å². The number of likely N-dealkylation sites (N-methyl/N-ethyl adjacent to an activating group) is 1. The van der Waals surface area contributed by atoms with Gasteiger partial charge < -0.3 is 16.0 Å². The van der Waals surface area contributed by atoms with Crippen molar-refractivity contribution in [2.45, 2.75) is 70.8 Å². The third kappa shape index (κ3) is 9.96. The Hall–Kier alpha value is -0.570. The molecule has 0 aromatic carbocycles. The zero-order valence-electron chi connectivity index (χ0n) is 17.3. The van der Waals surface area contributed by atoms with Crippen molar-refractivity contribution in [1.82, 2.24) is 20.9 Å². The summed E-state index contributed by atoms with van der Waals surface area (Å²) in [5, 5.41) is 9.66. The van der Waals surface area contributed by atoms with E-state index in [4.69, 9.17) is 4.99 Å². The Balaban J connectivity index is 0.00000364. The molecular weight excluding hydrogens is 453 g/mol. The van der Waals surface area contributed by atoms with Crippen molar-refractivity contribution in [3.8, 4) is 0 Å². The summed E-state index contributed by atoms with van der Waals surface area (Å²) in [6.07, 6.45) is 11.8. The molecule has 0 aromatic heterocycles. The van der Waals surface area contributed by atoms with Gasteiger partial charge in [0, 0.05) is 39.3 Å². The summed E-state index contributed by atoms with van der Waals surface area (Å²) in [7, 11) is 1.70. The van der Waals surface area contributed by atoms with Gasteiger partial charge in [-0.1, -0.05) is 38.5 Å². The highest BCUT2D eigenvalue weighted by Crippen LogP contribution is 2.28. The molecule has 0 aromatic rings. The number of carbonyl (C=O) groups is 1. The van der Waals surface area contributed by atoms with Gasteiger partial charge in [0.05, 0.1) is 6.54 Å². The van der Waals surface area contributed by atoms with Crippen molar-refractivity contribution >= 4 is 35.8 Å². The Bertz CT molecular complexity index is 432. The molecule has 0 radical (unpaired) electrons. The number of nitrogens with zero attached hydrogens (tertiary/aromatic N) is 2. The summed E-state index contributed by atoms with van der Waals surface area (Å²) in [5.41, 5.74) is 0. The topological polar surface area (TPSA) is 68.8 Å². The van der Waals surface area contributed by atoms with E-state index in [-0.39, 0.29) is 29.9 Å². The molecule has 2 fully saturated rings. The number of amides is 1. The van der Waals surface area contributed by atoms with E-state index in [0.717, 1.165) is 50.9 Å². The van der Waals surface area contributed by atoms with E-state index in [1.807, 2.05) is 0 Å². The molecule has 1 saturated carbocycles. The van der Waals surface area contributed by atoms with E-state index < -0.39 is 0 Å². The largest absolute Gasteiger partial charge is 0.358 e. The lowest BCUT2D eigenvalue weighted by atomic mass is 10.0. The number of piperidine rings is 1. The first-order chi connectivity index (χ1) is 12.7. The maximum Gasteiger partial charge on any atom is 0.233 e. The first-order valence-electron chi connectivity index (χ1n) is 10.7. The van der Waals surface area contributed by atoms with E-state index in [9.17, 15) is 4.79 Å². The van der Waals surface area contributed by atoms with Crippen molar-refractivity contribution in [1.29, 1.82) is 0 Å². The van der Waals surface area contributed by atoms with E-state index in [1.165, 1.54) is 44.9 Å². The van der Waals surface area contributed by atoms with Gasteiger partial charge in [0.15, 0.2) is 5.96 Å². The Labute approximate surface area is 182 Å². The van der Waals surface area contributed by atoms with Crippen molar-refractivity contribution in [3.63, 3.8) is 0 Å². The van der Waals surface area contributed by atoms with Gasteiger partial charge in [-0.05, 0) is 32.1 Å². The Kier molecular flexibility index (Phi) is 13.1. The maximum absolute atomic E-state index is 11.5. The first-order valence-corrected chi connectivity index (χ1v) is 10.7. The number of hydrogen-bond acceptors (Lipinski definition) is 3. The number of hydrogen-bond donors (Lipinski definition) is 3. The summed E-state index contributed by atoms with van der Waals surface area (Å²) in [6.45, 7) is 6.36. The molecule has 0 bridgehead atoms. The minimum absolute atomic E-state index is 0. The molecule has 6 nitrogen and oxygen atoms in total. The van der Waals surface area contributed by atoms with Gasteiger partial charge in [0.1, 0.15) is 0 Å². The van der Waals surface area contributed by atoms with Gasteiger partial charge in [-0.15, -0.1) is 24.0 Å². The summed E-state index contributed by atoms with van der Waals surface area (Å²) in [5.74, 6) is 2.05. The Morgan fingerprint density at radius 3 is 2.44 bits per heavy atom. The molecule has 1 aliphatic carbocycles. The van der Waals surface area contributed by atoms with Gasteiger partial charge >= 0.3 is 0 Å². The van der Waals surface area contributed by atoms with Crippen LogP contribution in [0.3, 0.4) is 0 Å². The molecular formula is C20H40IN5O. The lowest BCUT2D eigenvalue weighted by molar-refractivity contribution is -0.122. The predicted molar refractivity (Wildman–Crippen MR) is 124 cm³/mol. The molecule has 2 aliphatic rings. The van der Waals surface area contributed by atoms with E-state index >= 15 is 0 Å². The van der Waals surface area contributed by atoms with Gasteiger partial charge in [-0.2, -0.15) is 0 Å². The highest BCUT2D eigenvalue weighted by Gasteiger charge is 2.21. The standard InChI is InChI=1S/C20H39N5O.HI/c1-3-22-20(23-13-7-6-10-17-8-4-5-9-17)24-18-11-14-25(15-12-18)16-19(26)21-2;/h17-18H,3-16H2,1-2H3,(H,21,26)(H2,22,23,24);1H. The van der Waals surface area contributed by atoms with Crippen molar-refractivity contribution in [3.05, 3.63) is 0 Å². The Morgan fingerprint density at radius 2 is 1.81 bits per heavy atom. The fourth-order valence-corrected chi connectivity index (χ4v) is 4.07. The van der Waals surface area contributed by atoms with Gasteiger partial charge in [-0.3, -0.25) is 14.7 Å². The van der Waals surface area contributed by atoms with Crippen LogP contribution in [-0.2, 0) is 4.79 Å². The summed E-state index contributed by atoms with van der Waals surface area (Å²) >= 11 is 0. The predicted octanol–water partition coefficient (Wildman–Crippen LogP) is 2.73. The quantitative estimate of drug-likeness (QED) is 0.200. The Morgan fingerprint density at radius 1 is 1.11 bits per heavy atom. The highest BCUT2D eigenvalue weighted by atomic mass is 127. The number of halogens is 1. The molecule has 0 atom stereocenters. The molecule has 1 heterocycles. The average Bonchev–Trinajstić information content (AvgIpc) is 3.16. The molecule has 158 valence electrons. The van der Waals surface area contributed by atoms with Crippen LogP contribution in [0.1, 0.15) is 64.7 Å². The van der Waals surface area contributed by atoms with Crippen LogP contribution < -0.4 is 16.0 Å². The summed E-state index contributed by atoms with van der Waals surface area (Å²) in [4.78, 5) is 18.5. The molecule has 1 saturated heterocycles. The molecule has 0 unspecified atom stereocenters. The zero-order valence-corrected chi connectivity index (χ0v) is 19.6. The van der Waals surface area contributed by atoms with Crippen LogP contribution >= 0.6 is 24.0 Å². The summed E-state index contributed by atoms with van der Waals surface area (Å²) < 4.78 is 0. The van der Waals surface area contributed by atoms with Crippen LogP contribution in [0.5, 0.6) is 0 Å². The average molecular weight is 493 g/mol. The molecule has 27 heavy (non-hydrogen) atoms. The monoisotopic (exact) mass is 493 g/mol. The van der Waals surface area contributed by atoms with E-state index in [0.29, 0.717) is 12.6 Å². The highest BCUT2D eigenvalue weighted by molar-refractivity contribution is 14.0. The van der Waals surface area contributed by atoms with Gasteiger partial charge in [-0.25, -0.2) is 0 Å². The third-order valence-electron chi connectivity index (χ3n) is 5.68. The molecule has 1 amide bonds. The second-order valence-corrected chi connectivity index (χ2v) is 7.77. The summed E-state index contributed by atoms with van der Waals surface area (Å²) in [6, 6.07) is 0.451. The van der Waals surface area contributed by atoms with Crippen LogP contribution in [0, 0.1) is 5.92 Å². The number of unbranched alkanes of at least 4 members (excludes halogenated alkanes) is 1. The van der Waals surface area contributed by atoms with E-state index in [2.05, 4.69) is 27.8 Å². The fourth-order valence-electron chi connectivity index (χ4n) is 4.07. The van der Waals surface area contributed by atoms with E-state index in [1.54, 1.807) is 7.05 Å². The number of rotatable bonds is 9. The van der Waals surface area contributed by atoms with Crippen molar-refractivity contribution in [2.24, 2.45) is 10.9 Å². The van der Waals surface area contributed by atoms with Crippen LogP contribution in [0.15, 0.2) is 4.99 Å². The minimum atomic E-state index is 0. The van der Waals surface area contributed by atoms with Crippen LogP contribution in [0.4, 0.5) is 0 Å². The molecule has 1 aliphatic heterocycles. The van der Waals surface area contributed by atoms with Crippen molar-refractivity contribution in [2.75, 3.05) is 39.8 Å². The lowest BCUT2D eigenvalue weighted by Crippen LogP contribution is -2.50. The number of aliphatic imine (C=N–C) groups is 1. The second-order valence-electron chi connectivity index (χ2n) is 7.77. The first kappa shape index (κ1) is 24.5. The third-order valence-corrected chi connectivity index (χ3v) is 5.68. The van der Waals surface area contributed by atoms with Crippen molar-refractivity contribution < 1.29 is 4.79 Å². The number of guanidine groups is 1. The molecule has 0 spiro atoms. The van der Waals surface area contributed by atoms with Crippen LogP contribution in [-0.4, -0.2) is 62.6 Å². The maximum atomic E-state index is 11.5. The normalized spacial score (nSPS) is 19.6. The number of nitrogens with one attached hydrogen (secondary N) is 3. The SMILES string of the molecule is CCNC(=NCCCCC1CCCC1)NC1CCN(CC(=O)NC)CC1.I. The molecule has 3 N–H and O–H groups in total. The minimum Gasteiger partial charge on any atom is -0.358 e. The zero-order chi connectivity index (χ0) is 18.6. The molecule has 7 heteroatoms. The molecule has 2 rings (SSSR count).